The molecule has 0 aromatic heterocycles. The molecule has 2 aromatic carbocycles. The van der Waals surface area contributed by atoms with E-state index in [0.29, 0.717) is 18.8 Å². The van der Waals surface area contributed by atoms with E-state index in [1.54, 1.807) is 6.07 Å². The maximum absolute atomic E-state index is 11.8. The zero-order valence-corrected chi connectivity index (χ0v) is 13.6. The third-order valence-electron chi connectivity index (χ3n) is 4.03. The van der Waals surface area contributed by atoms with E-state index in [1.165, 1.54) is 7.11 Å². The maximum atomic E-state index is 11.8. The van der Waals surface area contributed by atoms with Crippen molar-refractivity contribution in [2.75, 3.05) is 13.9 Å². The quantitative estimate of drug-likeness (QED) is 0.780. The van der Waals surface area contributed by atoms with Gasteiger partial charge in [-0.15, -0.1) is 0 Å². The summed E-state index contributed by atoms with van der Waals surface area (Å²) in [6.45, 7) is 0.302. The Morgan fingerprint density at radius 2 is 1.88 bits per heavy atom. The molecule has 2 atom stereocenters. The predicted octanol–water partition coefficient (Wildman–Crippen LogP) is 3.99. The second-order valence-corrected chi connectivity index (χ2v) is 5.54. The Kier molecular flexibility index (Phi) is 5.41. The van der Waals surface area contributed by atoms with Gasteiger partial charge in [-0.3, -0.25) is 0 Å². The monoisotopic (exact) mass is 324 g/mol. The van der Waals surface area contributed by atoms with Gasteiger partial charge in [-0.2, -0.15) is 0 Å². The van der Waals surface area contributed by atoms with Crippen molar-refractivity contribution >= 4 is 12.0 Å². The standard InChI is InChI=1S/C20H20O4/c1-22-20(21)17-12-6-5-8-15(17)11-7-13-18-19(24-14-23-18)16-9-3-2-4-10-16/h2-12,18-19H,13-14H2,1H3/b11-7+/t18-,19-/m0/s1. The van der Waals surface area contributed by atoms with E-state index in [2.05, 4.69) is 0 Å². The van der Waals surface area contributed by atoms with Gasteiger partial charge in [-0.05, 0) is 23.6 Å². The minimum Gasteiger partial charge on any atom is -0.465 e. The average Bonchev–Trinajstić information content (AvgIpc) is 3.11. The highest BCUT2D eigenvalue weighted by atomic mass is 16.7. The van der Waals surface area contributed by atoms with Crippen LogP contribution in [0.3, 0.4) is 0 Å². The SMILES string of the molecule is COC(=O)c1ccccc1/C=C/C[C@@H]1OCO[C@H]1c1ccccc1. The van der Waals surface area contributed by atoms with Gasteiger partial charge < -0.3 is 14.2 Å². The number of carbonyl (C=O) groups is 1. The van der Waals surface area contributed by atoms with Crippen molar-refractivity contribution in [3.63, 3.8) is 0 Å². The Morgan fingerprint density at radius 3 is 2.67 bits per heavy atom. The Bertz CT molecular complexity index is 709. The van der Waals surface area contributed by atoms with Crippen LogP contribution < -0.4 is 0 Å². The van der Waals surface area contributed by atoms with Crippen molar-refractivity contribution in [1.82, 2.24) is 0 Å². The summed E-state index contributed by atoms with van der Waals surface area (Å²) < 4.78 is 16.2. The number of esters is 1. The van der Waals surface area contributed by atoms with Crippen LogP contribution >= 0.6 is 0 Å². The first-order chi connectivity index (χ1) is 11.8. The lowest BCUT2D eigenvalue weighted by Crippen LogP contribution is -2.14. The molecule has 1 aliphatic rings. The van der Waals surface area contributed by atoms with E-state index < -0.39 is 0 Å². The second kappa shape index (κ2) is 7.90. The first kappa shape index (κ1) is 16.4. The molecule has 1 aliphatic heterocycles. The van der Waals surface area contributed by atoms with Crippen LogP contribution in [0.2, 0.25) is 0 Å². The summed E-state index contributed by atoms with van der Waals surface area (Å²) >= 11 is 0. The van der Waals surface area contributed by atoms with Crippen molar-refractivity contribution in [2.24, 2.45) is 0 Å². The van der Waals surface area contributed by atoms with Gasteiger partial charge in [-0.25, -0.2) is 4.79 Å². The van der Waals surface area contributed by atoms with Gasteiger partial charge in [0.1, 0.15) is 12.9 Å². The first-order valence-electron chi connectivity index (χ1n) is 7.91. The number of hydrogen-bond acceptors (Lipinski definition) is 4. The van der Waals surface area contributed by atoms with Crippen LogP contribution in [-0.2, 0) is 14.2 Å². The van der Waals surface area contributed by atoms with Crippen molar-refractivity contribution in [1.29, 1.82) is 0 Å². The molecule has 0 amide bonds. The van der Waals surface area contributed by atoms with Crippen molar-refractivity contribution in [3.8, 4) is 0 Å². The van der Waals surface area contributed by atoms with E-state index >= 15 is 0 Å². The molecule has 4 heteroatoms. The lowest BCUT2D eigenvalue weighted by atomic mass is 10.0. The Hall–Kier alpha value is -2.43. The smallest absolute Gasteiger partial charge is 0.338 e. The largest absolute Gasteiger partial charge is 0.465 e. The van der Waals surface area contributed by atoms with E-state index in [0.717, 1.165) is 11.1 Å². The molecule has 24 heavy (non-hydrogen) atoms. The van der Waals surface area contributed by atoms with Crippen LogP contribution in [0, 0.1) is 0 Å². The predicted molar refractivity (Wildman–Crippen MR) is 91.4 cm³/mol. The minimum absolute atomic E-state index is 0.0334. The van der Waals surface area contributed by atoms with Gasteiger partial charge in [0.05, 0.1) is 18.8 Å². The topological polar surface area (TPSA) is 44.8 Å². The zero-order chi connectivity index (χ0) is 16.8. The molecule has 1 fully saturated rings. The van der Waals surface area contributed by atoms with Gasteiger partial charge in [0.2, 0.25) is 0 Å². The minimum atomic E-state index is -0.335. The molecule has 124 valence electrons. The molecule has 0 saturated carbocycles. The van der Waals surface area contributed by atoms with E-state index in [-0.39, 0.29) is 18.2 Å². The molecule has 0 aliphatic carbocycles. The number of hydrogen-bond donors (Lipinski definition) is 0. The summed E-state index contributed by atoms with van der Waals surface area (Å²) in [5.74, 6) is -0.335. The third kappa shape index (κ3) is 3.72. The molecule has 0 bridgehead atoms. The fourth-order valence-corrected chi connectivity index (χ4v) is 2.81. The number of benzene rings is 2. The van der Waals surface area contributed by atoms with Crippen LogP contribution in [0.5, 0.6) is 0 Å². The first-order valence-corrected chi connectivity index (χ1v) is 7.91. The molecule has 4 nitrogen and oxygen atoms in total. The maximum Gasteiger partial charge on any atom is 0.338 e. The average molecular weight is 324 g/mol. The summed E-state index contributed by atoms with van der Waals surface area (Å²) in [5, 5.41) is 0. The van der Waals surface area contributed by atoms with Crippen molar-refractivity contribution < 1.29 is 19.0 Å². The molecular weight excluding hydrogens is 304 g/mol. The molecule has 0 spiro atoms. The van der Waals surface area contributed by atoms with Gasteiger partial charge in [0.25, 0.3) is 0 Å². The molecule has 0 radical (unpaired) electrons. The molecule has 0 N–H and O–H groups in total. The number of carbonyl (C=O) groups excluding carboxylic acids is 1. The molecular formula is C20H20O4. The fourth-order valence-electron chi connectivity index (χ4n) is 2.81. The van der Waals surface area contributed by atoms with Crippen molar-refractivity contribution in [3.05, 3.63) is 77.4 Å². The molecule has 1 saturated heterocycles. The highest BCUT2D eigenvalue weighted by Gasteiger charge is 2.29. The van der Waals surface area contributed by atoms with Crippen molar-refractivity contribution in [2.45, 2.75) is 18.6 Å². The summed E-state index contributed by atoms with van der Waals surface area (Å²) in [5.41, 5.74) is 2.50. The normalized spacial score (nSPS) is 20.4. The third-order valence-corrected chi connectivity index (χ3v) is 4.03. The molecule has 1 heterocycles. The van der Waals surface area contributed by atoms with Gasteiger partial charge in [0, 0.05) is 0 Å². The molecule has 2 aromatic rings. The summed E-state index contributed by atoms with van der Waals surface area (Å²) in [6.07, 6.45) is 4.54. The van der Waals surface area contributed by atoms with Crippen LogP contribution in [0.4, 0.5) is 0 Å². The van der Waals surface area contributed by atoms with E-state index in [4.69, 9.17) is 14.2 Å². The Labute approximate surface area is 141 Å². The van der Waals surface area contributed by atoms with Gasteiger partial charge >= 0.3 is 5.97 Å². The number of ether oxygens (including phenoxy) is 3. The highest BCUT2D eigenvalue weighted by Crippen LogP contribution is 2.31. The Morgan fingerprint density at radius 1 is 1.12 bits per heavy atom. The van der Waals surface area contributed by atoms with Gasteiger partial charge in [0.15, 0.2) is 0 Å². The molecule has 3 rings (SSSR count). The lowest BCUT2D eigenvalue weighted by molar-refractivity contribution is 0.0388. The molecule has 0 unspecified atom stereocenters. The second-order valence-electron chi connectivity index (χ2n) is 5.54. The van der Waals surface area contributed by atoms with Crippen LogP contribution in [-0.4, -0.2) is 26.0 Å². The number of rotatable bonds is 5. The van der Waals surface area contributed by atoms with E-state index in [1.807, 2.05) is 60.7 Å². The zero-order valence-electron chi connectivity index (χ0n) is 13.6. The van der Waals surface area contributed by atoms with E-state index in [9.17, 15) is 4.79 Å². The van der Waals surface area contributed by atoms with Gasteiger partial charge in [-0.1, -0.05) is 60.7 Å². The van der Waals surface area contributed by atoms with Crippen LogP contribution in [0.25, 0.3) is 6.08 Å². The van der Waals surface area contributed by atoms with Crippen LogP contribution in [0.1, 0.15) is 34.0 Å². The van der Waals surface area contributed by atoms with Crippen LogP contribution in [0.15, 0.2) is 60.7 Å². The fraction of sp³-hybridized carbons (Fsp3) is 0.250. The highest BCUT2D eigenvalue weighted by molar-refractivity contribution is 5.93. The Balaban J connectivity index is 1.69. The summed E-state index contributed by atoms with van der Waals surface area (Å²) in [6, 6.07) is 17.4. The summed E-state index contributed by atoms with van der Waals surface area (Å²) in [7, 11) is 1.39. The summed E-state index contributed by atoms with van der Waals surface area (Å²) in [4.78, 5) is 11.8. The number of methoxy groups -OCH3 is 1. The lowest BCUT2D eigenvalue weighted by Gasteiger charge is -2.15.